The zero-order valence-corrected chi connectivity index (χ0v) is 9.95. The first-order valence-electron chi connectivity index (χ1n) is 5.29. The van der Waals surface area contributed by atoms with E-state index in [1.807, 2.05) is 30.3 Å². The molecule has 0 aromatic heterocycles. The van der Waals surface area contributed by atoms with Crippen LogP contribution in [-0.2, 0) is 6.42 Å². The van der Waals surface area contributed by atoms with Crippen LogP contribution < -0.4 is 5.73 Å². The molecule has 0 spiro atoms. The molecule has 0 fully saturated rings. The highest BCUT2D eigenvalue weighted by Crippen LogP contribution is 2.20. The molecule has 0 saturated heterocycles. The maximum absolute atomic E-state index is 12.0. The molecule has 0 heterocycles. The Morgan fingerprint density at radius 3 is 2.47 bits per heavy atom. The first-order valence-corrected chi connectivity index (χ1v) is 5.67. The summed E-state index contributed by atoms with van der Waals surface area (Å²) in [6.07, 6.45) is 0.352. The van der Waals surface area contributed by atoms with E-state index in [0.717, 1.165) is 5.56 Å². The number of hydrogen-bond acceptors (Lipinski definition) is 2. The number of rotatable bonds is 3. The van der Waals surface area contributed by atoms with Gasteiger partial charge in [-0.05, 0) is 23.8 Å². The molecule has 0 amide bonds. The van der Waals surface area contributed by atoms with Crippen LogP contribution in [0.3, 0.4) is 0 Å². The molecule has 2 rings (SSSR count). The average molecular weight is 246 g/mol. The van der Waals surface area contributed by atoms with Crippen molar-refractivity contribution in [2.45, 2.75) is 6.42 Å². The molecule has 0 radical (unpaired) electrons. The molecule has 2 aromatic carbocycles. The molecule has 2 aromatic rings. The van der Waals surface area contributed by atoms with Gasteiger partial charge in [0.15, 0.2) is 5.78 Å². The highest BCUT2D eigenvalue weighted by molar-refractivity contribution is 6.34. The van der Waals surface area contributed by atoms with Crippen LogP contribution in [0.2, 0.25) is 5.02 Å². The van der Waals surface area contributed by atoms with E-state index in [1.165, 1.54) is 0 Å². The van der Waals surface area contributed by atoms with E-state index in [4.69, 9.17) is 17.3 Å². The van der Waals surface area contributed by atoms with Crippen LogP contribution in [0.25, 0.3) is 0 Å². The third-order valence-corrected chi connectivity index (χ3v) is 2.81. The molecule has 86 valence electrons. The predicted molar refractivity (Wildman–Crippen MR) is 70.3 cm³/mol. The van der Waals surface area contributed by atoms with Gasteiger partial charge in [0.05, 0.1) is 5.02 Å². The summed E-state index contributed by atoms with van der Waals surface area (Å²) >= 11 is 5.99. The monoisotopic (exact) mass is 245 g/mol. The summed E-state index contributed by atoms with van der Waals surface area (Å²) in [6, 6.07) is 14.5. The second-order valence-electron chi connectivity index (χ2n) is 3.82. The number of ketones is 1. The summed E-state index contributed by atoms with van der Waals surface area (Å²) in [5.41, 5.74) is 7.64. The Kier molecular flexibility index (Phi) is 3.45. The van der Waals surface area contributed by atoms with Crippen LogP contribution in [0.4, 0.5) is 5.69 Å². The second-order valence-corrected chi connectivity index (χ2v) is 4.23. The lowest BCUT2D eigenvalue weighted by Gasteiger charge is -2.04. The van der Waals surface area contributed by atoms with E-state index in [9.17, 15) is 4.79 Å². The van der Waals surface area contributed by atoms with Gasteiger partial charge in [-0.15, -0.1) is 0 Å². The number of nitrogens with two attached hydrogens (primary N) is 1. The van der Waals surface area contributed by atoms with Crippen molar-refractivity contribution >= 4 is 23.1 Å². The van der Waals surface area contributed by atoms with Gasteiger partial charge in [0, 0.05) is 17.7 Å². The smallest absolute Gasteiger partial charge is 0.168 e. The third-order valence-electron chi connectivity index (χ3n) is 2.50. The van der Waals surface area contributed by atoms with Gasteiger partial charge in [-0.25, -0.2) is 0 Å². The summed E-state index contributed by atoms with van der Waals surface area (Å²) in [4.78, 5) is 12.0. The lowest BCUT2D eigenvalue weighted by atomic mass is 10.0. The van der Waals surface area contributed by atoms with E-state index in [2.05, 4.69) is 0 Å². The number of carbonyl (C=O) groups excluding carboxylic acids is 1. The number of anilines is 1. The Bertz CT molecular complexity index is 537. The fourth-order valence-corrected chi connectivity index (χ4v) is 1.93. The third kappa shape index (κ3) is 2.86. The quantitative estimate of drug-likeness (QED) is 0.666. The molecule has 0 aliphatic heterocycles. The van der Waals surface area contributed by atoms with Crippen molar-refractivity contribution in [3.05, 3.63) is 64.7 Å². The standard InChI is InChI=1S/C14H12ClNO/c15-13-9-11(16)6-7-12(13)14(17)8-10-4-2-1-3-5-10/h1-7,9H,8,16H2. The summed E-state index contributed by atoms with van der Waals surface area (Å²) < 4.78 is 0. The molecule has 0 bridgehead atoms. The van der Waals surface area contributed by atoms with Gasteiger partial charge in [0.2, 0.25) is 0 Å². The molecule has 2 N–H and O–H groups in total. The molecule has 0 atom stereocenters. The Balaban J connectivity index is 2.21. The van der Waals surface area contributed by atoms with Gasteiger partial charge in [0.25, 0.3) is 0 Å². The number of nitrogen functional groups attached to an aromatic ring is 1. The topological polar surface area (TPSA) is 43.1 Å². The van der Waals surface area contributed by atoms with Gasteiger partial charge in [-0.3, -0.25) is 4.79 Å². The van der Waals surface area contributed by atoms with Crippen LogP contribution >= 0.6 is 11.6 Å². The van der Waals surface area contributed by atoms with Gasteiger partial charge in [0.1, 0.15) is 0 Å². The average Bonchev–Trinajstić information content (AvgIpc) is 2.30. The maximum Gasteiger partial charge on any atom is 0.168 e. The lowest BCUT2D eigenvalue weighted by Crippen LogP contribution is -2.04. The molecule has 17 heavy (non-hydrogen) atoms. The number of Topliss-reactive ketones (excluding diaryl/α,β-unsaturated/α-hetero) is 1. The van der Waals surface area contributed by atoms with E-state index in [0.29, 0.717) is 22.7 Å². The van der Waals surface area contributed by atoms with Crippen molar-refractivity contribution in [1.29, 1.82) is 0 Å². The first kappa shape index (κ1) is 11.7. The normalized spacial score (nSPS) is 10.2. The van der Waals surface area contributed by atoms with Crippen molar-refractivity contribution in [1.82, 2.24) is 0 Å². The first-order chi connectivity index (χ1) is 8.16. The van der Waals surface area contributed by atoms with Gasteiger partial charge >= 0.3 is 0 Å². The molecule has 0 aliphatic rings. The number of benzene rings is 2. The summed E-state index contributed by atoms with van der Waals surface area (Å²) in [5, 5.41) is 0.408. The fourth-order valence-electron chi connectivity index (χ4n) is 1.63. The van der Waals surface area contributed by atoms with Crippen molar-refractivity contribution in [3.8, 4) is 0 Å². The van der Waals surface area contributed by atoms with Gasteiger partial charge in [-0.2, -0.15) is 0 Å². The molecular weight excluding hydrogens is 234 g/mol. The van der Waals surface area contributed by atoms with Crippen LogP contribution in [0, 0.1) is 0 Å². The summed E-state index contributed by atoms with van der Waals surface area (Å²) in [6.45, 7) is 0. The molecular formula is C14H12ClNO. The largest absolute Gasteiger partial charge is 0.399 e. The van der Waals surface area contributed by atoms with Crippen molar-refractivity contribution < 1.29 is 4.79 Å². The molecule has 0 saturated carbocycles. The number of carbonyl (C=O) groups is 1. The minimum absolute atomic E-state index is 0.00111. The van der Waals surface area contributed by atoms with E-state index in [-0.39, 0.29) is 5.78 Å². The van der Waals surface area contributed by atoms with Crippen molar-refractivity contribution in [2.75, 3.05) is 5.73 Å². The zero-order chi connectivity index (χ0) is 12.3. The maximum atomic E-state index is 12.0. The molecule has 0 aliphatic carbocycles. The van der Waals surface area contributed by atoms with Crippen LogP contribution in [0.1, 0.15) is 15.9 Å². The molecule has 0 unspecified atom stereocenters. The highest BCUT2D eigenvalue weighted by atomic mass is 35.5. The number of hydrogen-bond donors (Lipinski definition) is 1. The van der Waals surface area contributed by atoms with Crippen LogP contribution in [0.5, 0.6) is 0 Å². The Hall–Kier alpha value is -1.80. The summed E-state index contributed by atoms with van der Waals surface area (Å²) in [5.74, 6) is 0.00111. The minimum atomic E-state index is 0.00111. The SMILES string of the molecule is Nc1ccc(C(=O)Cc2ccccc2)c(Cl)c1. The van der Waals surface area contributed by atoms with E-state index < -0.39 is 0 Å². The Morgan fingerprint density at radius 2 is 1.82 bits per heavy atom. The second kappa shape index (κ2) is 5.02. The molecule has 3 heteroatoms. The van der Waals surface area contributed by atoms with E-state index in [1.54, 1.807) is 18.2 Å². The van der Waals surface area contributed by atoms with Gasteiger partial charge < -0.3 is 5.73 Å². The Labute approximate surface area is 105 Å². The lowest BCUT2D eigenvalue weighted by molar-refractivity contribution is 0.0993. The van der Waals surface area contributed by atoms with E-state index >= 15 is 0 Å². The fraction of sp³-hybridized carbons (Fsp3) is 0.0714. The highest BCUT2D eigenvalue weighted by Gasteiger charge is 2.10. The van der Waals surface area contributed by atoms with Crippen LogP contribution in [0.15, 0.2) is 48.5 Å². The minimum Gasteiger partial charge on any atom is -0.399 e. The number of halogens is 1. The Morgan fingerprint density at radius 1 is 1.12 bits per heavy atom. The van der Waals surface area contributed by atoms with Crippen molar-refractivity contribution in [2.24, 2.45) is 0 Å². The van der Waals surface area contributed by atoms with Crippen LogP contribution in [-0.4, -0.2) is 5.78 Å². The van der Waals surface area contributed by atoms with Crippen molar-refractivity contribution in [3.63, 3.8) is 0 Å². The predicted octanol–water partition coefficient (Wildman–Crippen LogP) is 3.35. The van der Waals surface area contributed by atoms with Gasteiger partial charge in [-0.1, -0.05) is 41.9 Å². The molecule has 2 nitrogen and oxygen atoms in total. The summed E-state index contributed by atoms with van der Waals surface area (Å²) in [7, 11) is 0. The zero-order valence-electron chi connectivity index (χ0n) is 9.19.